The minimum atomic E-state index is -0.297. The molecule has 0 saturated carbocycles. The predicted octanol–water partition coefficient (Wildman–Crippen LogP) is 3.64. The number of rotatable bonds is 8. The summed E-state index contributed by atoms with van der Waals surface area (Å²) < 4.78 is 10.6. The van der Waals surface area contributed by atoms with Crippen molar-refractivity contribution in [3.8, 4) is 11.5 Å². The standard InChI is InChI=1S/C23H22N2O4/c1-28-20-12-10-19(11-13-20)25-22(26)16-29-21-9-5-8-18(14-21)23(27)24-15-17-6-3-2-4-7-17/h2-14H,15-16H2,1H3,(H,24,27)(H,25,26). The molecule has 0 aliphatic rings. The van der Waals surface area contributed by atoms with E-state index in [1.165, 1.54) is 0 Å². The highest BCUT2D eigenvalue weighted by Crippen LogP contribution is 2.16. The van der Waals surface area contributed by atoms with E-state index >= 15 is 0 Å². The second-order valence-corrected chi connectivity index (χ2v) is 6.26. The maximum atomic E-state index is 12.3. The van der Waals surface area contributed by atoms with Crippen LogP contribution in [-0.4, -0.2) is 25.5 Å². The molecule has 3 aromatic rings. The van der Waals surface area contributed by atoms with E-state index in [1.807, 2.05) is 30.3 Å². The Morgan fingerprint density at radius 2 is 1.62 bits per heavy atom. The first kappa shape index (κ1) is 19.9. The van der Waals surface area contributed by atoms with Gasteiger partial charge in [0.1, 0.15) is 11.5 Å². The molecule has 29 heavy (non-hydrogen) atoms. The number of hydrogen-bond donors (Lipinski definition) is 2. The van der Waals surface area contributed by atoms with Crippen LogP contribution in [0.4, 0.5) is 5.69 Å². The van der Waals surface area contributed by atoms with Crippen LogP contribution in [0.15, 0.2) is 78.9 Å². The highest BCUT2D eigenvalue weighted by atomic mass is 16.5. The Labute approximate surface area is 169 Å². The van der Waals surface area contributed by atoms with Crippen molar-refractivity contribution in [3.05, 3.63) is 90.0 Å². The number of benzene rings is 3. The van der Waals surface area contributed by atoms with Crippen molar-refractivity contribution in [2.24, 2.45) is 0 Å². The van der Waals surface area contributed by atoms with E-state index < -0.39 is 0 Å². The van der Waals surface area contributed by atoms with Crippen LogP contribution in [0.1, 0.15) is 15.9 Å². The smallest absolute Gasteiger partial charge is 0.262 e. The molecule has 0 atom stereocenters. The first-order valence-corrected chi connectivity index (χ1v) is 9.13. The Kier molecular flexibility index (Phi) is 6.84. The average molecular weight is 390 g/mol. The van der Waals surface area contributed by atoms with E-state index in [0.717, 1.165) is 5.56 Å². The third-order valence-electron chi connectivity index (χ3n) is 4.14. The summed E-state index contributed by atoms with van der Waals surface area (Å²) in [5.41, 5.74) is 2.13. The van der Waals surface area contributed by atoms with Crippen molar-refractivity contribution in [1.82, 2.24) is 5.32 Å². The molecular formula is C23H22N2O4. The molecule has 2 amide bonds. The Bertz CT molecular complexity index is 956. The molecule has 0 heterocycles. The Morgan fingerprint density at radius 1 is 0.862 bits per heavy atom. The number of amides is 2. The number of nitrogens with one attached hydrogen (secondary N) is 2. The molecule has 0 aromatic heterocycles. The van der Waals surface area contributed by atoms with Gasteiger partial charge < -0.3 is 20.1 Å². The molecule has 0 aliphatic heterocycles. The van der Waals surface area contributed by atoms with Crippen molar-refractivity contribution < 1.29 is 19.1 Å². The molecule has 0 radical (unpaired) electrons. The number of carbonyl (C=O) groups is 2. The lowest BCUT2D eigenvalue weighted by atomic mass is 10.2. The van der Waals surface area contributed by atoms with E-state index in [0.29, 0.717) is 29.3 Å². The van der Waals surface area contributed by atoms with Crippen molar-refractivity contribution >= 4 is 17.5 Å². The highest BCUT2D eigenvalue weighted by molar-refractivity contribution is 5.94. The Hall–Kier alpha value is -3.80. The van der Waals surface area contributed by atoms with Crippen molar-refractivity contribution in [1.29, 1.82) is 0 Å². The van der Waals surface area contributed by atoms with E-state index in [4.69, 9.17) is 9.47 Å². The minimum Gasteiger partial charge on any atom is -0.497 e. The molecule has 0 saturated heterocycles. The molecule has 0 spiro atoms. The Balaban J connectivity index is 1.50. The van der Waals surface area contributed by atoms with Crippen LogP contribution in [-0.2, 0) is 11.3 Å². The maximum absolute atomic E-state index is 12.3. The highest BCUT2D eigenvalue weighted by Gasteiger charge is 2.08. The van der Waals surface area contributed by atoms with Crippen LogP contribution < -0.4 is 20.1 Å². The van der Waals surface area contributed by atoms with E-state index in [9.17, 15) is 9.59 Å². The third-order valence-corrected chi connectivity index (χ3v) is 4.14. The zero-order valence-corrected chi connectivity index (χ0v) is 16.1. The second kappa shape index (κ2) is 9.94. The van der Waals surface area contributed by atoms with Gasteiger partial charge in [-0.25, -0.2) is 0 Å². The van der Waals surface area contributed by atoms with Crippen LogP contribution in [0.5, 0.6) is 11.5 Å². The van der Waals surface area contributed by atoms with Crippen LogP contribution in [0.2, 0.25) is 0 Å². The molecule has 2 N–H and O–H groups in total. The molecule has 3 rings (SSSR count). The fourth-order valence-electron chi connectivity index (χ4n) is 2.63. The van der Waals surface area contributed by atoms with Gasteiger partial charge in [0.25, 0.3) is 11.8 Å². The van der Waals surface area contributed by atoms with E-state index in [-0.39, 0.29) is 18.4 Å². The van der Waals surface area contributed by atoms with Gasteiger partial charge in [0.05, 0.1) is 7.11 Å². The number of anilines is 1. The largest absolute Gasteiger partial charge is 0.497 e. The van der Waals surface area contributed by atoms with Gasteiger partial charge in [-0.15, -0.1) is 0 Å². The van der Waals surface area contributed by atoms with Crippen molar-refractivity contribution in [3.63, 3.8) is 0 Å². The summed E-state index contributed by atoms with van der Waals surface area (Å²) in [6.07, 6.45) is 0. The van der Waals surface area contributed by atoms with Crippen molar-refractivity contribution in [2.75, 3.05) is 19.0 Å². The van der Waals surface area contributed by atoms with Crippen molar-refractivity contribution in [2.45, 2.75) is 6.54 Å². The molecule has 3 aromatic carbocycles. The van der Waals surface area contributed by atoms with Crippen LogP contribution in [0.3, 0.4) is 0 Å². The van der Waals surface area contributed by atoms with Gasteiger partial charge in [0.2, 0.25) is 0 Å². The summed E-state index contributed by atoms with van der Waals surface area (Å²) >= 11 is 0. The van der Waals surface area contributed by atoms with Crippen LogP contribution in [0.25, 0.3) is 0 Å². The number of methoxy groups -OCH3 is 1. The topological polar surface area (TPSA) is 76.7 Å². The SMILES string of the molecule is COc1ccc(NC(=O)COc2cccc(C(=O)NCc3ccccc3)c2)cc1. The number of ether oxygens (including phenoxy) is 2. The molecule has 6 heteroatoms. The van der Waals surface area contributed by atoms with Gasteiger partial charge in [-0.2, -0.15) is 0 Å². The molecule has 148 valence electrons. The summed E-state index contributed by atoms with van der Waals surface area (Å²) in [4.78, 5) is 24.4. The van der Waals surface area contributed by atoms with Gasteiger partial charge in [-0.3, -0.25) is 9.59 Å². The molecule has 0 bridgehead atoms. The first-order chi connectivity index (χ1) is 14.1. The maximum Gasteiger partial charge on any atom is 0.262 e. The summed E-state index contributed by atoms with van der Waals surface area (Å²) in [6.45, 7) is 0.274. The summed E-state index contributed by atoms with van der Waals surface area (Å²) in [6, 6.07) is 23.4. The lowest BCUT2D eigenvalue weighted by molar-refractivity contribution is -0.118. The normalized spacial score (nSPS) is 10.1. The molecule has 6 nitrogen and oxygen atoms in total. The third kappa shape index (κ3) is 6.10. The zero-order chi connectivity index (χ0) is 20.5. The zero-order valence-electron chi connectivity index (χ0n) is 16.1. The van der Waals surface area contributed by atoms with E-state index in [1.54, 1.807) is 55.6 Å². The lowest BCUT2D eigenvalue weighted by Crippen LogP contribution is -2.23. The van der Waals surface area contributed by atoms with Gasteiger partial charge in [-0.1, -0.05) is 36.4 Å². The first-order valence-electron chi connectivity index (χ1n) is 9.13. The quantitative estimate of drug-likeness (QED) is 0.616. The fourth-order valence-corrected chi connectivity index (χ4v) is 2.63. The summed E-state index contributed by atoms with van der Waals surface area (Å²) in [5, 5.41) is 5.61. The molecule has 0 fully saturated rings. The predicted molar refractivity (Wildman–Crippen MR) is 111 cm³/mol. The minimum absolute atomic E-state index is 0.166. The van der Waals surface area contributed by atoms with Gasteiger partial charge in [-0.05, 0) is 48.0 Å². The number of hydrogen-bond acceptors (Lipinski definition) is 4. The molecule has 0 aliphatic carbocycles. The van der Waals surface area contributed by atoms with Crippen LogP contribution in [0, 0.1) is 0 Å². The molecular weight excluding hydrogens is 368 g/mol. The summed E-state index contributed by atoms with van der Waals surface area (Å²) in [7, 11) is 1.58. The van der Waals surface area contributed by atoms with Gasteiger partial charge in [0.15, 0.2) is 6.61 Å². The van der Waals surface area contributed by atoms with E-state index in [2.05, 4.69) is 10.6 Å². The monoisotopic (exact) mass is 390 g/mol. The number of carbonyl (C=O) groups excluding carboxylic acids is 2. The fraction of sp³-hybridized carbons (Fsp3) is 0.130. The lowest BCUT2D eigenvalue weighted by Gasteiger charge is -2.10. The second-order valence-electron chi connectivity index (χ2n) is 6.26. The van der Waals surface area contributed by atoms with Gasteiger partial charge >= 0.3 is 0 Å². The van der Waals surface area contributed by atoms with Crippen LogP contribution >= 0.6 is 0 Å². The molecule has 0 unspecified atom stereocenters. The summed E-state index contributed by atoms with van der Waals surface area (Å²) in [5.74, 6) is 0.653. The average Bonchev–Trinajstić information content (AvgIpc) is 2.77. The van der Waals surface area contributed by atoms with Gasteiger partial charge in [0, 0.05) is 17.8 Å². The Morgan fingerprint density at radius 3 is 2.34 bits per heavy atom.